The molecule has 0 aliphatic heterocycles. The minimum atomic E-state index is -0.696. The van der Waals surface area contributed by atoms with Crippen molar-refractivity contribution in [2.24, 2.45) is 0 Å². The van der Waals surface area contributed by atoms with Gasteiger partial charge in [-0.2, -0.15) is 0 Å². The molecule has 4 N–H and O–H groups in total. The smallest absolute Gasteiger partial charge is 0.270 e. The summed E-state index contributed by atoms with van der Waals surface area (Å²) in [5.41, 5.74) is 8.76. The zero-order valence-corrected chi connectivity index (χ0v) is 16.4. The number of hydrogen-bond donors (Lipinski definition) is 3. The molecule has 9 nitrogen and oxygen atoms in total. The first kappa shape index (κ1) is 19.5. The molecule has 0 saturated heterocycles. The van der Waals surface area contributed by atoms with Crippen LogP contribution < -0.4 is 5.73 Å². The molecular weight excluding hydrogens is 384 g/mol. The molecule has 4 rings (SSSR count). The lowest BCUT2D eigenvalue weighted by Gasteiger charge is -2.18. The molecule has 0 aliphatic carbocycles. The molecule has 152 valence electrons. The monoisotopic (exact) mass is 404 g/mol. The molecule has 1 atom stereocenters. The van der Waals surface area contributed by atoms with Crippen molar-refractivity contribution in [1.29, 1.82) is 0 Å². The number of aliphatic hydroxyl groups excluding tert-OH is 1. The van der Waals surface area contributed by atoms with Crippen LogP contribution in [-0.2, 0) is 0 Å². The Balaban J connectivity index is 1.67. The van der Waals surface area contributed by atoms with Gasteiger partial charge in [-0.25, -0.2) is 9.97 Å². The van der Waals surface area contributed by atoms with Gasteiger partial charge in [-0.3, -0.25) is 4.90 Å². The van der Waals surface area contributed by atoms with Gasteiger partial charge in [-0.15, -0.1) is 10.2 Å². The number of aromatic hydroxyl groups is 1. The molecule has 30 heavy (non-hydrogen) atoms. The summed E-state index contributed by atoms with van der Waals surface area (Å²) in [4.78, 5) is 10.4. The van der Waals surface area contributed by atoms with Crippen LogP contribution >= 0.6 is 0 Å². The maximum absolute atomic E-state index is 10.1. The number of phenols is 1. The Morgan fingerprint density at radius 3 is 2.40 bits per heavy atom. The van der Waals surface area contributed by atoms with E-state index < -0.39 is 6.23 Å². The number of aromatic nitrogens is 4. The number of nitrogen functional groups attached to an aromatic ring is 1. The third kappa shape index (κ3) is 3.71. The van der Waals surface area contributed by atoms with Crippen molar-refractivity contribution < 1.29 is 14.6 Å². The fraction of sp³-hybridized carbons (Fsp3) is 0.143. The first-order valence-electron chi connectivity index (χ1n) is 9.13. The van der Waals surface area contributed by atoms with Crippen LogP contribution in [0.5, 0.6) is 5.75 Å². The van der Waals surface area contributed by atoms with E-state index in [0.29, 0.717) is 11.3 Å². The van der Waals surface area contributed by atoms with Crippen molar-refractivity contribution in [1.82, 2.24) is 25.1 Å². The molecule has 0 spiro atoms. The van der Waals surface area contributed by atoms with Crippen LogP contribution in [0, 0.1) is 0 Å². The van der Waals surface area contributed by atoms with Crippen molar-refractivity contribution in [3.8, 4) is 40.0 Å². The van der Waals surface area contributed by atoms with E-state index in [1.165, 1.54) is 6.07 Å². The highest BCUT2D eigenvalue weighted by Crippen LogP contribution is 2.31. The Morgan fingerprint density at radius 2 is 1.70 bits per heavy atom. The molecule has 0 saturated carbocycles. The van der Waals surface area contributed by atoms with Crippen molar-refractivity contribution in [3.63, 3.8) is 0 Å². The van der Waals surface area contributed by atoms with Crippen molar-refractivity contribution in [2.75, 3.05) is 19.8 Å². The lowest BCUT2D eigenvalue weighted by Crippen LogP contribution is -2.18. The van der Waals surface area contributed by atoms with Gasteiger partial charge in [-0.1, -0.05) is 36.4 Å². The zero-order valence-electron chi connectivity index (χ0n) is 16.4. The van der Waals surface area contributed by atoms with Crippen LogP contribution in [0.3, 0.4) is 0 Å². The molecule has 2 aromatic carbocycles. The summed E-state index contributed by atoms with van der Waals surface area (Å²) in [6, 6.07) is 14.0. The van der Waals surface area contributed by atoms with E-state index in [4.69, 9.17) is 10.2 Å². The van der Waals surface area contributed by atoms with Crippen molar-refractivity contribution >= 4 is 5.82 Å². The van der Waals surface area contributed by atoms with E-state index in [1.807, 2.05) is 24.3 Å². The standard InChI is InChI=1S/C21H20N6O3/c1-27(2)21(29)13-9-7-12(8-10-13)15-11-23-18(22)17(24-15)20-26-25-19(30-20)14-5-3-4-6-16(14)28/h3-11,21,28-29H,1-2H3,(H2,22,23). The number of nitrogens with zero attached hydrogens (tertiary/aromatic N) is 5. The second kappa shape index (κ2) is 7.90. The summed E-state index contributed by atoms with van der Waals surface area (Å²) >= 11 is 0. The Bertz CT molecular complexity index is 1170. The van der Waals surface area contributed by atoms with Crippen LogP contribution in [0.2, 0.25) is 0 Å². The van der Waals surface area contributed by atoms with Gasteiger partial charge < -0.3 is 20.4 Å². The van der Waals surface area contributed by atoms with E-state index in [9.17, 15) is 10.2 Å². The number of hydrogen-bond acceptors (Lipinski definition) is 9. The number of nitrogens with two attached hydrogens (primary N) is 1. The van der Waals surface area contributed by atoms with Gasteiger partial charge >= 0.3 is 0 Å². The van der Waals surface area contributed by atoms with Crippen LogP contribution in [0.25, 0.3) is 34.3 Å². The lowest BCUT2D eigenvalue weighted by molar-refractivity contribution is 0.0395. The summed E-state index contributed by atoms with van der Waals surface area (Å²) in [5, 5.41) is 28.1. The number of benzene rings is 2. The van der Waals surface area contributed by atoms with E-state index in [0.717, 1.165) is 11.1 Å². The molecule has 0 radical (unpaired) electrons. The summed E-state index contributed by atoms with van der Waals surface area (Å²) in [6.07, 6.45) is 0.856. The zero-order chi connectivity index (χ0) is 21.3. The highest BCUT2D eigenvalue weighted by Gasteiger charge is 2.18. The molecule has 1 unspecified atom stereocenters. The second-order valence-corrected chi connectivity index (χ2v) is 6.88. The summed E-state index contributed by atoms with van der Waals surface area (Å²) in [7, 11) is 3.59. The summed E-state index contributed by atoms with van der Waals surface area (Å²) < 4.78 is 5.68. The van der Waals surface area contributed by atoms with Gasteiger partial charge in [-0.05, 0) is 31.8 Å². The van der Waals surface area contributed by atoms with Crippen molar-refractivity contribution in [3.05, 3.63) is 60.3 Å². The van der Waals surface area contributed by atoms with Crippen LogP contribution in [0.15, 0.2) is 59.1 Å². The molecular formula is C21H20N6O3. The minimum Gasteiger partial charge on any atom is -0.507 e. The normalized spacial score (nSPS) is 12.3. The summed E-state index contributed by atoms with van der Waals surface area (Å²) in [5.74, 6) is 0.419. The molecule has 2 heterocycles. The van der Waals surface area contributed by atoms with Gasteiger partial charge in [0.1, 0.15) is 12.0 Å². The third-order valence-electron chi connectivity index (χ3n) is 4.56. The van der Waals surface area contributed by atoms with E-state index in [-0.39, 0.29) is 29.0 Å². The molecule has 0 amide bonds. The quantitative estimate of drug-likeness (QED) is 0.429. The Kier molecular flexibility index (Phi) is 5.13. The highest BCUT2D eigenvalue weighted by atomic mass is 16.4. The molecule has 4 aromatic rings. The maximum atomic E-state index is 10.1. The first-order chi connectivity index (χ1) is 14.4. The lowest BCUT2D eigenvalue weighted by atomic mass is 10.1. The van der Waals surface area contributed by atoms with Gasteiger partial charge in [0, 0.05) is 5.56 Å². The average Bonchev–Trinajstić information content (AvgIpc) is 3.23. The van der Waals surface area contributed by atoms with E-state index in [2.05, 4.69) is 20.2 Å². The Morgan fingerprint density at radius 1 is 1.00 bits per heavy atom. The summed E-state index contributed by atoms with van der Waals surface area (Å²) in [6.45, 7) is 0. The fourth-order valence-corrected chi connectivity index (χ4v) is 2.90. The molecule has 0 aliphatic rings. The number of rotatable bonds is 5. The number of anilines is 1. The van der Waals surface area contributed by atoms with Crippen molar-refractivity contribution in [2.45, 2.75) is 6.23 Å². The van der Waals surface area contributed by atoms with Gasteiger partial charge in [0.05, 0.1) is 17.5 Å². The third-order valence-corrected chi connectivity index (χ3v) is 4.56. The SMILES string of the molecule is CN(C)C(O)c1ccc(-c2cnc(N)c(-c3nnc(-c4ccccc4O)o3)n2)cc1. The second-order valence-electron chi connectivity index (χ2n) is 6.88. The highest BCUT2D eigenvalue weighted by molar-refractivity contribution is 5.69. The Hall–Kier alpha value is -3.82. The van der Waals surface area contributed by atoms with Gasteiger partial charge in [0.15, 0.2) is 11.5 Å². The number of phenolic OH excluding ortho intramolecular Hbond substituents is 1. The van der Waals surface area contributed by atoms with E-state index >= 15 is 0 Å². The molecule has 2 aromatic heterocycles. The number of para-hydroxylation sites is 1. The van der Waals surface area contributed by atoms with Gasteiger partial charge in [0.25, 0.3) is 11.8 Å². The first-order valence-corrected chi connectivity index (χ1v) is 9.13. The fourth-order valence-electron chi connectivity index (χ4n) is 2.90. The Labute approximate surface area is 172 Å². The van der Waals surface area contributed by atoms with Crippen LogP contribution in [0.1, 0.15) is 11.8 Å². The molecule has 9 heteroatoms. The number of aliphatic hydroxyl groups is 1. The van der Waals surface area contributed by atoms with Gasteiger partial charge in [0.2, 0.25) is 0 Å². The van der Waals surface area contributed by atoms with E-state index in [1.54, 1.807) is 43.4 Å². The van der Waals surface area contributed by atoms with Crippen LogP contribution in [-0.4, -0.2) is 49.4 Å². The topological polar surface area (TPSA) is 134 Å². The maximum Gasteiger partial charge on any atom is 0.270 e. The molecule has 0 fully saturated rings. The molecule has 0 bridgehead atoms. The predicted molar refractivity (Wildman–Crippen MR) is 111 cm³/mol. The average molecular weight is 404 g/mol. The minimum absolute atomic E-state index is 0.0282. The largest absolute Gasteiger partial charge is 0.507 e. The van der Waals surface area contributed by atoms with Crippen LogP contribution in [0.4, 0.5) is 5.82 Å². The predicted octanol–water partition coefficient (Wildman–Crippen LogP) is 2.70.